The molecule has 6 nitrogen and oxygen atoms in total. The predicted octanol–water partition coefficient (Wildman–Crippen LogP) is 8.83. The van der Waals surface area contributed by atoms with Crippen LogP contribution < -0.4 is 10.1 Å². The van der Waals surface area contributed by atoms with Gasteiger partial charge in [0.05, 0.1) is 25.4 Å². The number of fused-ring (bicyclic) bond motifs is 3. The highest BCUT2D eigenvalue weighted by Crippen LogP contribution is 2.73. The first-order valence-electron chi connectivity index (χ1n) is 15.0. The highest BCUT2D eigenvalue weighted by molar-refractivity contribution is 8.29. The fraction of sp³-hybridized carbons (Fsp3) is 0.278. The summed E-state index contributed by atoms with van der Waals surface area (Å²) in [7, 11) is 0. The standard InChI is InChI=1S/C36H35NO5S3/c1-6-40-24-19-20-25-26(21-24)37-35(4,5)32-28(25)36(27(22-15-11-9-12-16-22)30(43-32)33(38)41-7-2)44-29(23-17-13-10-14-18-23)31(45-36)34(39)42-8-3/h9-21,37H,6-8H2,1-5H3. The summed E-state index contributed by atoms with van der Waals surface area (Å²) in [6.45, 7) is 10.9. The van der Waals surface area contributed by atoms with Gasteiger partial charge in [-0.3, -0.25) is 0 Å². The Kier molecular flexibility index (Phi) is 8.87. The Morgan fingerprint density at radius 2 is 1.36 bits per heavy atom. The number of anilines is 1. The van der Waals surface area contributed by atoms with Crippen molar-refractivity contribution in [3.63, 3.8) is 0 Å². The van der Waals surface area contributed by atoms with Crippen molar-refractivity contribution in [1.29, 1.82) is 0 Å². The molecule has 232 valence electrons. The minimum absolute atomic E-state index is 0.246. The minimum Gasteiger partial charge on any atom is -0.494 e. The maximum Gasteiger partial charge on any atom is 0.345 e. The van der Waals surface area contributed by atoms with E-state index >= 15 is 0 Å². The van der Waals surface area contributed by atoms with E-state index in [9.17, 15) is 9.59 Å². The van der Waals surface area contributed by atoms with E-state index in [1.165, 1.54) is 23.5 Å². The van der Waals surface area contributed by atoms with Crippen molar-refractivity contribution in [2.45, 2.75) is 44.2 Å². The van der Waals surface area contributed by atoms with Gasteiger partial charge in [0.25, 0.3) is 0 Å². The summed E-state index contributed by atoms with van der Waals surface area (Å²) in [4.78, 5) is 30.6. The zero-order valence-corrected chi connectivity index (χ0v) is 28.3. The number of thioether (sulfide) groups is 3. The van der Waals surface area contributed by atoms with E-state index in [0.717, 1.165) is 49.1 Å². The van der Waals surface area contributed by atoms with Gasteiger partial charge in [-0.25, -0.2) is 9.59 Å². The van der Waals surface area contributed by atoms with Crippen molar-refractivity contribution in [3.05, 3.63) is 110 Å². The van der Waals surface area contributed by atoms with E-state index in [-0.39, 0.29) is 25.2 Å². The third-order valence-corrected chi connectivity index (χ3v) is 12.4. The summed E-state index contributed by atoms with van der Waals surface area (Å²) >= 11 is 4.52. The number of benzene rings is 3. The summed E-state index contributed by atoms with van der Waals surface area (Å²) in [6, 6.07) is 26.0. The van der Waals surface area contributed by atoms with Crippen LogP contribution in [0.4, 0.5) is 5.69 Å². The van der Waals surface area contributed by atoms with Crippen LogP contribution in [0.5, 0.6) is 5.75 Å². The quantitative estimate of drug-likeness (QED) is 0.239. The lowest BCUT2D eigenvalue weighted by molar-refractivity contribution is -0.138. The molecular formula is C36H35NO5S3. The van der Waals surface area contributed by atoms with Crippen molar-refractivity contribution >= 4 is 69.0 Å². The molecule has 1 N–H and O–H groups in total. The zero-order valence-electron chi connectivity index (χ0n) is 25.9. The van der Waals surface area contributed by atoms with Gasteiger partial charge in [-0.1, -0.05) is 95.9 Å². The average molecular weight is 658 g/mol. The second kappa shape index (κ2) is 12.7. The van der Waals surface area contributed by atoms with Crippen molar-refractivity contribution in [2.75, 3.05) is 25.1 Å². The Hall–Kier alpha value is -3.53. The van der Waals surface area contributed by atoms with Gasteiger partial charge in [-0.2, -0.15) is 0 Å². The van der Waals surface area contributed by atoms with E-state index < -0.39 is 9.62 Å². The Bertz CT molecular complexity index is 1750. The molecule has 45 heavy (non-hydrogen) atoms. The second-order valence-corrected chi connectivity index (χ2v) is 14.8. The third kappa shape index (κ3) is 5.59. The largest absolute Gasteiger partial charge is 0.494 e. The number of ether oxygens (including phenoxy) is 3. The number of rotatable bonds is 8. The first-order valence-corrected chi connectivity index (χ1v) is 17.5. The number of esters is 2. The molecule has 0 aliphatic carbocycles. The second-order valence-electron chi connectivity index (χ2n) is 11.1. The molecule has 3 aromatic rings. The number of carbonyl (C=O) groups excluding carboxylic acids is 2. The molecule has 1 unspecified atom stereocenters. The zero-order chi connectivity index (χ0) is 31.8. The normalized spacial score (nSPS) is 20.0. The molecule has 0 amide bonds. The molecule has 3 aliphatic rings. The molecule has 0 bridgehead atoms. The SMILES string of the molecule is CCOC(=O)C1=C(c2ccccc2)SC2(S1)C(c1ccccc1)=C(C(=O)OCC)SC1=C2c2ccc(OCC)cc2NC1(C)C. The van der Waals surface area contributed by atoms with E-state index in [1.54, 1.807) is 11.8 Å². The fourth-order valence-electron chi connectivity index (χ4n) is 5.84. The van der Waals surface area contributed by atoms with Gasteiger partial charge < -0.3 is 19.5 Å². The Balaban J connectivity index is 1.69. The molecule has 3 aromatic carbocycles. The molecule has 3 heterocycles. The van der Waals surface area contributed by atoms with E-state index in [2.05, 4.69) is 25.2 Å². The minimum atomic E-state index is -0.932. The molecule has 0 saturated heterocycles. The molecule has 0 saturated carbocycles. The lowest BCUT2D eigenvalue weighted by Crippen LogP contribution is -2.42. The summed E-state index contributed by atoms with van der Waals surface area (Å²) in [5.74, 6) is 0.0121. The van der Waals surface area contributed by atoms with Gasteiger partial charge >= 0.3 is 11.9 Å². The molecule has 1 spiro atoms. The Labute approximate surface area is 277 Å². The van der Waals surface area contributed by atoms with E-state index in [1.807, 2.05) is 93.6 Å². The number of hydrogen-bond acceptors (Lipinski definition) is 9. The molecule has 0 radical (unpaired) electrons. The van der Waals surface area contributed by atoms with Crippen molar-refractivity contribution in [2.24, 2.45) is 0 Å². The molecule has 3 aliphatic heterocycles. The highest BCUT2D eigenvalue weighted by atomic mass is 32.2. The van der Waals surface area contributed by atoms with Crippen LogP contribution in [0.3, 0.4) is 0 Å². The summed E-state index contributed by atoms with van der Waals surface area (Å²) in [5.41, 5.74) is 5.03. The third-order valence-electron chi connectivity index (χ3n) is 7.62. The first-order chi connectivity index (χ1) is 21.7. The van der Waals surface area contributed by atoms with Crippen LogP contribution in [-0.4, -0.2) is 41.4 Å². The maximum atomic E-state index is 14.0. The van der Waals surface area contributed by atoms with Crippen LogP contribution in [0.15, 0.2) is 93.6 Å². The van der Waals surface area contributed by atoms with Crippen molar-refractivity contribution in [1.82, 2.24) is 0 Å². The van der Waals surface area contributed by atoms with E-state index in [0.29, 0.717) is 16.4 Å². The monoisotopic (exact) mass is 657 g/mol. The van der Waals surface area contributed by atoms with E-state index in [4.69, 9.17) is 14.2 Å². The van der Waals surface area contributed by atoms with Crippen LogP contribution in [0.1, 0.15) is 51.3 Å². The summed E-state index contributed by atoms with van der Waals surface area (Å²) < 4.78 is 16.4. The molecule has 0 fully saturated rings. The fourth-order valence-corrected chi connectivity index (χ4v) is 11.0. The summed E-state index contributed by atoms with van der Waals surface area (Å²) in [5, 5.41) is 3.73. The maximum absolute atomic E-state index is 14.0. The molecule has 0 aromatic heterocycles. The van der Waals surface area contributed by atoms with Gasteiger partial charge in [0, 0.05) is 38.3 Å². The smallest absolute Gasteiger partial charge is 0.345 e. The number of nitrogens with one attached hydrogen (secondary N) is 1. The van der Waals surface area contributed by atoms with Gasteiger partial charge in [-0.05, 0) is 57.9 Å². The lowest BCUT2D eigenvalue weighted by atomic mass is 9.83. The number of hydrogen-bond donors (Lipinski definition) is 1. The first kappa shape index (κ1) is 31.5. The molecule has 1 atom stereocenters. The van der Waals surface area contributed by atoms with Crippen LogP contribution in [0.25, 0.3) is 16.1 Å². The average Bonchev–Trinajstić information content (AvgIpc) is 3.42. The van der Waals surface area contributed by atoms with Crippen molar-refractivity contribution in [3.8, 4) is 5.75 Å². The van der Waals surface area contributed by atoms with Crippen LogP contribution in [0, 0.1) is 0 Å². The molecule has 6 rings (SSSR count). The van der Waals surface area contributed by atoms with Gasteiger partial charge in [0.1, 0.15) is 19.6 Å². The van der Waals surface area contributed by atoms with Crippen LogP contribution in [-0.2, 0) is 19.1 Å². The highest BCUT2D eigenvalue weighted by Gasteiger charge is 2.57. The Morgan fingerprint density at radius 3 is 1.98 bits per heavy atom. The van der Waals surface area contributed by atoms with Gasteiger partial charge in [0.15, 0.2) is 0 Å². The van der Waals surface area contributed by atoms with Gasteiger partial charge in [0.2, 0.25) is 0 Å². The Morgan fingerprint density at radius 1 is 0.733 bits per heavy atom. The lowest BCUT2D eigenvalue weighted by Gasteiger charge is -2.47. The summed E-state index contributed by atoms with van der Waals surface area (Å²) in [6.07, 6.45) is 0. The van der Waals surface area contributed by atoms with Crippen LogP contribution in [0.2, 0.25) is 0 Å². The van der Waals surface area contributed by atoms with Crippen molar-refractivity contribution < 1.29 is 23.8 Å². The molecular weight excluding hydrogens is 623 g/mol. The number of carbonyl (C=O) groups is 2. The van der Waals surface area contributed by atoms with Gasteiger partial charge in [-0.15, -0.1) is 0 Å². The molecule has 9 heteroatoms. The topological polar surface area (TPSA) is 73.9 Å². The predicted molar refractivity (Wildman–Crippen MR) is 188 cm³/mol. The van der Waals surface area contributed by atoms with Crippen LogP contribution >= 0.6 is 35.3 Å².